The van der Waals surface area contributed by atoms with Gasteiger partial charge < -0.3 is 10.6 Å². The van der Waals surface area contributed by atoms with Gasteiger partial charge in [0.25, 0.3) is 5.91 Å². The van der Waals surface area contributed by atoms with Crippen LogP contribution in [-0.2, 0) is 11.2 Å². The lowest BCUT2D eigenvalue weighted by molar-refractivity contribution is -0.119. The molecule has 0 spiro atoms. The number of aryl methyl sites for hydroxylation is 3. The van der Waals surface area contributed by atoms with Crippen molar-refractivity contribution in [2.75, 3.05) is 5.32 Å². The molecule has 178 valence electrons. The molecule has 0 aromatic carbocycles. The topological polar surface area (TPSA) is 139 Å². The standard InChI is InChI=1S/C24H29N7O3/c1-4-17-21(31-34-30-17)23(32)27-22(20(14-5-6-14)15-7-8-15)24(33)26-16-9-10-18(25-11-16)19-12(2)28-29-13(19)3/h9-11,14-15,20,22H,4-8H2,1-3H3,(H,26,33)(H,27,32)(H,28,29)/t22-/m0/s1. The molecule has 3 aromatic heterocycles. The van der Waals surface area contributed by atoms with Crippen LogP contribution < -0.4 is 10.6 Å². The molecule has 3 aromatic rings. The molecular formula is C24H29N7O3. The van der Waals surface area contributed by atoms with Crippen molar-refractivity contribution in [3.05, 3.63) is 41.1 Å². The van der Waals surface area contributed by atoms with Crippen LogP contribution in [-0.4, -0.2) is 43.4 Å². The van der Waals surface area contributed by atoms with Gasteiger partial charge in [-0.3, -0.25) is 19.7 Å². The second-order valence-corrected chi connectivity index (χ2v) is 9.35. The van der Waals surface area contributed by atoms with Gasteiger partial charge >= 0.3 is 0 Å². The fourth-order valence-corrected chi connectivity index (χ4v) is 4.81. The number of H-pyrrole nitrogens is 1. The molecule has 0 unspecified atom stereocenters. The minimum Gasteiger partial charge on any atom is -0.338 e. The summed E-state index contributed by atoms with van der Waals surface area (Å²) in [6.07, 6.45) is 6.51. The quantitative estimate of drug-likeness (QED) is 0.443. The number of hydrogen-bond acceptors (Lipinski definition) is 7. The van der Waals surface area contributed by atoms with Crippen LogP contribution in [0, 0.1) is 31.6 Å². The maximum Gasteiger partial charge on any atom is 0.276 e. The third kappa shape index (κ3) is 4.44. The normalized spacial score (nSPS) is 16.5. The van der Waals surface area contributed by atoms with E-state index in [2.05, 4.69) is 36.1 Å². The van der Waals surface area contributed by atoms with E-state index in [1.165, 1.54) is 0 Å². The van der Waals surface area contributed by atoms with Gasteiger partial charge in [0.2, 0.25) is 5.91 Å². The summed E-state index contributed by atoms with van der Waals surface area (Å²) in [4.78, 5) is 31.0. The third-order valence-electron chi connectivity index (χ3n) is 6.81. The van der Waals surface area contributed by atoms with Gasteiger partial charge in [-0.25, -0.2) is 4.63 Å². The number of aromatic amines is 1. The Morgan fingerprint density at radius 1 is 1.15 bits per heavy atom. The van der Waals surface area contributed by atoms with Gasteiger partial charge in [-0.2, -0.15) is 5.10 Å². The van der Waals surface area contributed by atoms with Crippen LogP contribution in [0.5, 0.6) is 0 Å². The molecule has 10 heteroatoms. The van der Waals surface area contributed by atoms with Crippen LogP contribution in [0.2, 0.25) is 0 Å². The molecule has 0 saturated heterocycles. The highest BCUT2D eigenvalue weighted by Gasteiger charge is 2.48. The van der Waals surface area contributed by atoms with Crippen LogP contribution in [0.3, 0.4) is 0 Å². The lowest BCUT2D eigenvalue weighted by atomic mass is 9.88. The minimum absolute atomic E-state index is 0.109. The summed E-state index contributed by atoms with van der Waals surface area (Å²) in [7, 11) is 0. The van der Waals surface area contributed by atoms with Crippen LogP contribution >= 0.6 is 0 Å². The number of carbonyl (C=O) groups is 2. The number of anilines is 1. The number of amides is 2. The number of carbonyl (C=O) groups excluding carboxylic acids is 2. The van der Waals surface area contributed by atoms with Crippen LogP contribution in [0.1, 0.15) is 60.2 Å². The van der Waals surface area contributed by atoms with Crippen molar-refractivity contribution in [2.24, 2.45) is 17.8 Å². The molecule has 0 aliphatic heterocycles. The molecule has 3 heterocycles. The second-order valence-electron chi connectivity index (χ2n) is 9.35. The molecule has 2 saturated carbocycles. The van der Waals surface area contributed by atoms with E-state index in [-0.39, 0.29) is 17.5 Å². The van der Waals surface area contributed by atoms with Crippen molar-refractivity contribution >= 4 is 17.5 Å². The SMILES string of the molecule is CCc1nonc1C(=O)N[C@H](C(=O)Nc1ccc(-c2c(C)n[nH]c2C)nc1)C(C1CC1)C1CC1. The minimum atomic E-state index is -0.660. The predicted molar refractivity (Wildman–Crippen MR) is 124 cm³/mol. The summed E-state index contributed by atoms with van der Waals surface area (Å²) in [6.45, 7) is 5.75. The lowest BCUT2D eigenvalue weighted by Crippen LogP contribution is -2.50. The molecule has 2 amide bonds. The maximum atomic E-state index is 13.5. The number of pyridine rings is 1. The molecule has 1 atom stereocenters. The van der Waals surface area contributed by atoms with Crippen molar-refractivity contribution < 1.29 is 14.2 Å². The predicted octanol–water partition coefficient (Wildman–Crippen LogP) is 3.21. The van der Waals surface area contributed by atoms with E-state index in [0.29, 0.717) is 29.6 Å². The summed E-state index contributed by atoms with van der Waals surface area (Å²) < 4.78 is 4.76. The smallest absolute Gasteiger partial charge is 0.276 e. The number of nitrogens with one attached hydrogen (secondary N) is 3. The molecule has 10 nitrogen and oxygen atoms in total. The molecule has 2 aliphatic carbocycles. The van der Waals surface area contributed by atoms with Gasteiger partial charge in [-0.1, -0.05) is 12.1 Å². The molecule has 0 radical (unpaired) electrons. The highest BCUT2D eigenvalue weighted by molar-refractivity contribution is 6.01. The van der Waals surface area contributed by atoms with Gasteiger partial charge in [-0.15, -0.1) is 0 Å². The van der Waals surface area contributed by atoms with Gasteiger partial charge in [-0.05, 0) is 81.0 Å². The first-order chi connectivity index (χ1) is 16.5. The van der Waals surface area contributed by atoms with E-state index in [0.717, 1.165) is 48.3 Å². The van der Waals surface area contributed by atoms with Gasteiger partial charge in [0, 0.05) is 11.3 Å². The molecular weight excluding hydrogens is 434 g/mol. The number of aromatic nitrogens is 5. The summed E-state index contributed by atoms with van der Waals surface area (Å²) in [6, 6.07) is 3.03. The van der Waals surface area contributed by atoms with E-state index >= 15 is 0 Å². The van der Waals surface area contributed by atoms with Crippen molar-refractivity contribution in [3.8, 4) is 11.3 Å². The van der Waals surface area contributed by atoms with Crippen molar-refractivity contribution in [2.45, 2.75) is 58.9 Å². The summed E-state index contributed by atoms with van der Waals surface area (Å²) in [5.74, 6) is 0.354. The highest BCUT2D eigenvalue weighted by Crippen LogP contribution is 2.51. The highest BCUT2D eigenvalue weighted by atomic mass is 16.6. The second kappa shape index (κ2) is 9.00. The number of rotatable bonds is 9. The first kappa shape index (κ1) is 22.2. The Labute approximate surface area is 197 Å². The fourth-order valence-electron chi connectivity index (χ4n) is 4.81. The largest absolute Gasteiger partial charge is 0.338 e. The maximum absolute atomic E-state index is 13.5. The average Bonchev–Trinajstić information content (AvgIpc) is 3.76. The molecule has 0 bridgehead atoms. The monoisotopic (exact) mass is 463 g/mol. The molecule has 34 heavy (non-hydrogen) atoms. The van der Waals surface area contributed by atoms with E-state index in [1.807, 2.05) is 32.9 Å². The fraction of sp³-hybridized carbons (Fsp3) is 0.500. The van der Waals surface area contributed by atoms with E-state index in [9.17, 15) is 9.59 Å². The lowest BCUT2D eigenvalue weighted by Gasteiger charge is -2.27. The van der Waals surface area contributed by atoms with Crippen molar-refractivity contribution in [3.63, 3.8) is 0 Å². The Kier molecular flexibility index (Phi) is 5.89. The van der Waals surface area contributed by atoms with Gasteiger partial charge in [0.1, 0.15) is 11.7 Å². The Hall–Kier alpha value is -3.56. The Morgan fingerprint density at radius 2 is 1.88 bits per heavy atom. The average molecular weight is 464 g/mol. The third-order valence-corrected chi connectivity index (χ3v) is 6.81. The first-order valence-corrected chi connectivity index (χ1v) is 11.9. The van der Waals surface area contributed by atoms with E-state index in [4.69, 9.17) is 4.63 Å². The van der Waals surface area contributed by atoms with Crippen molar-refractivity contribution in [1.29, 1.82) is 0 Å². The van der Waals surface area contributed by atoms with Crippen LogP contribution in [0.15, 0.2) is 23.0 Å². The van der Waals surface area contributed by atoms with Crippen molar-refractivity contribution in [1.82, 2.24) is 30.8 Å². The zero-order chi connectivity index (χ0) is 23.8. The summed E-state index contributed by atoms with van der Waals surface area (Å²) in [5, 5.41) is 20.7. The van der Waals surface area contributed by atoms with E-state index in [1.54, 1.807) is 6.20 Å². The molecule has 5 rings (SSSR count). The van der Waals surface area contributed by atoms with Gasteiger partial charge in [0.15, 0.2) is 5.69 Å². The zero-order valence-corrected chi connectivity index (χ0v) is 19.6. The Balaban J connectivity index is 1.35. The number of nitrogens with zero attached hydrogens (tertiary/aromatic N) is 4. The first-order valence-electron chi connectivity index (χ1n) is 11.9. The van der Waals surface area contributed by atoms with Crippen LogP contribution in [0.4, 0.5) is 5.69 Å². The molecule has 2 aliphatic rings. The summed E-state index contributed by atoms with van der Waals surface area (Å²) >= 11 is 0. The van der Waals surface area contributed by atoms with Crippen LogP contribution in [0.25, 0.3) is 11.3 Å². The van der Waals surface area contributed by atoms with Gasteiger partial charge in [0.05, 0.1) is 23.3 Å². The zero-order valence-electron chi connectivity index (χ0n) is 19.6. The van der Waals surface area contributed by atoms with E-state index < -0.39 is 11.9 Å². The molecule has 3 N–H and O–H groups in total. The molecule has 2 fully saturated rings. The number of hydrogen-bond donors (Lipinski definition) is 3. The Bertz CT molecular complexity index is 1160. The summed E-state index contributed by atoms with van der Waals surface area (Å²) in [5.41, 5.74) is 4.75. The Morgan fingerprint density at radius 3 is 2.44 bits per heavy atom.